The van der Waals surface area contributed by atoms with Gasteiger partial charge in [-0.15, -0.1) is 5.73 Å². The molecule has 1 aromatic carbocycles. The summed E-state index contributed by atoms with van der Waals surface area (Å²) in [6.45, 7) is 0.525. The number of carboxylic acids is 1. The fraction of sp³-hybridized carbons (Fsp3) is 0.286. The summed E-state index contributed by atoms with van der Waals surface area (Å²) in [7, 11) is 0. The highest BCUT2D eigenvalue weighted by Crippen LogP contribution is 2.42. The average molecular weight is 537 g/mol. The van der Waals surface area contributed by atoms with E-state index in [1.807, 2.05) is 18.2 Å². The lowest BCUT2D eigenvalue weighted by Gasteiger charge is -2.31. The third kappa shape index (κ3) is 3.70. The van der Waals surface area contributed by atoms with Gasteiger partial charge >= 0.3 is 5.97 Å². The fourth-order valence-electron chi connectivity index (χ4n) is 4.02. The van der Waals surface area contributed by atoms with E-state index in [-0.39, 0.29) is 25.1 Å². The topological polar surface area (TPSA) is 93.4 Å². The lowest BCUT2D eigenvalue weighted by atomic mass is 10.0. The highest BCUT2D eigenvalue weighted by molar-refractivity contribution is 9.10. The van der Waals surface area contributed by atoms with Crippen molar-refractivity contribution >= 4 is 61.8 Å². The Morgan fingerprint density at radius 3 is 2.88 bits per heavy atom. The van der Waals surface area contributed by atoms with Crippen LogP contribution in [-0.4, -0.2) is 56.1 Å². The summed E-state index contributed by atoms with van der Waals surface area (Å²) in [6, 6.07) is 3.84. The summed E-state index contributed by atoms with van der Waals surface area (Å²) in [5, 5.41) is 14.6. The molecule has 164 valence electrons. The minimum Gasteiger partial charge on any atom is -0.481 e. The molecule has 0 radical (unpaired) electrons. The van der Waals surface area contributed by atoms with Crippen LogP contribution in [0, 0.1) is 0 Å². The second kappa shape index (κ2) is 8.50. The molecule has 3 aromatic rings. The molecule has 1 N–H and O–H groups in total. The normalized spacial score (nSPS) is 19.2. The van der Waals surface area contributed by atoms with Crippen LogP contribution in [-0.2, 0) is 9.53 Å². The Balaban J connectivity index is 1.58. The Morgan fingerprint density at radius 1 is 1.34 bits per heavy atom. The zero-order valence-corrected chi connectivity index (χ0v) is 19.6. The molecule has 0 bridgehead atoms. The maximum absolute atomic E-state index is 10.8. The highest BCUT2D eigenvalue weighted by Gasteiger charge is 2.40. The Labute approximate surface area is 201 Å². The van der Waals surface area contributed by atoms with Crippen LogP contribution in [0.25, 0.3) is 16.6 Å². The predicted octanol–water partition coefficient (Wildman–Crippen LogP) is 4.42. The van der Waals surface area contributed by atoms with Gasteiger partial charge in [-0.2, -0.15) is 5.10 Å². The van der Waals surface area contributed by atoms with Crippen LogP contribution in [0.2, 0.25) is 10.0 Å². The number of fused-ring (bicyclic) bond motifs is 2. The molecule has 2 aliphatic rings. The Hall–Kier alpha value is -2.42. The molecule has 1 aliphatic heterocycles. The molecule has 0 spiro atoms. The first kappa shape index (κ1) is 21.4. The van der Waals surface area contributed by atoms with Crippen molar-refractivity contribution in [2.24, 2.45) is 0 Å². The lowest BCUT2D eigenvalue weighted by Crippen LogP contribution is -2.39. The second-order valence-electron chi connectivity index (χ2n) is 7.49. The third-order valence-electron chi connectivity index (χ3n) is 5.54. The first-order chi connectivity index (χ1) is 15.4. The first-order valence-electron chi connectivity index (χ1n) is 9.80. The van der Waals surface area contributed by atoms with Gasteiger partial charge in [-0.05, 0) is 28.1 Å². The summed E-state index contributed by atoms with van der Waals surface area (Å²) < 4.78 is 7.98. The first-order valence-corrected chi connectivity index (χ1v) is 11.4. The summed E-state index contributed by atoms with van der Waals surface area (Å²) in [6.07, 6.45) is 5.79. The van der Waals surface area contributed by atoms with E-state index in [1.54, 1.807) is 11.0 Å². The van der Waals surface area contributed by atoms with Gasteiger partial charge in [-0.25, -0.2) is 14.6 Å². The predicted molar refractivity (Wildman–Crippen MR) is 124 cm³/mol. The van der Waals surface area contributed by atoms with Crippen LogP contribution in [0.4, 0.5) is 5.82 Å². The van der Waals surface area contributed by atoms with Gasteiger partial charge in [-0.3, -0.25) is 4.79 Å². The molecular weight excluding hydrogens is 521 g/mol. The number of pyridine rings is 1. The van der Waals surface area contributed by atoms with E-state index in [0.29, 0.717) is 32.5 Å². The Kier molecular flexibility index (Phi) is 5.69. The van der Waals surface area contributed by atoms with Crippen LogP contribution < -0.4 is 4.90 Å². The van der Waals surface area contributed by atoms with Crippen LogP contribution in [0.15, 0.2) is 46.6 Å². The van der Waals surface area contributed by atoms with Gasteiger partial charge in [0.05, 0.1) is 53.0 Å². The van der Waals surface area contributed by atoms with Crippen LogP contribution in [0.5, 0.6) is 0 Å². The molecule has 1 aliphatic carbocycles. The summed E-state index contributed by atoms with van der Waals surface area (Å²) in [5.41, 5.74) is 5.72. The number of ether oxygens (including phenoxy) is 1. The number of nitrogens with zero attached hydrogens (tertiary/aromatic N) is 5. The number of hydrogen-bond acceptors (Lipinski definition) is 6. The largest absolute Gasteiger partial charge is 0.481 e. The summed E-state index contributed by atoms with van der Waals surface area (Å²) in [4.78, 5) is 21.9. The molecule has 2 atom stereocenters. The van der Waals surface area contributed by atoms with Crippen LogP contribution >= 0.6 is 39.1 Å². The molecule has 2 aromatic heterocycles. The molecule has 0 saturated carbocycles. The van der Waals surface area contributed by atoms with Crippen molar-refractivity contribution < 1.29 is 14.6 Å². The zero-order valence-electron chi connectivity index (χ0n) is 16.5. The standard InChI is InChI=1S/C21H16BrCl2N5O3/c22-14-6-13-16(28-10-25-9-26-28)7-17(27-21(13)20(24)19(14)23)29-12(5-11-1-2-15(11)29)8-32-4-3-18(30)31/h2,6-7,9-10,12,15H,3-5,8H2,(H,30,31)/t12-,15-/m0/s1. The monoisotopic (exact) mass is 535 g/mol. The number of aromatic nitrogens is 4. The van der Waals surface area contributed by atoms with Gasteiger partial charge in [0, 0.05) is 27.9 Å². The van der Waals surface area contributed by atoms with Crippen LogP contribution in [0.1, 0.15) is 12.8 Å². The smallest absolute Gasteiger partial charge is 0.305 e. The number of carboxylic acid groups (broad SMARTS) is 1. The van der Waals surface area contributed by atoms with Gasteiger partial charge in [-0.1, -0.05) is 23.2 Å². The van der Waals surface area contributed by atoms with Gasteiger partial charge in [0.25, 0.3) is 0 Å². The number of anilines is 1. The minimum absolute atomic E-state index is 0.0201. The molecule has 1 fully saturated rings. The van der Waals surface area contributed by atoms with Crippen molar-refractivity contribution in [2.45, 2.75) is 24.9 Å². The van der Waals surface area contributed by atoms with E-state index in [0.717, 1.165) is 17.5 Å². The van der Waals surface area contributed by atoms with E-state index in [1.165, 1.54) is 11.9 Å². The second-order valence-corrected chi connectivity index (χ2v) is 9.10. The van der Waals surface area contributed by atoms with Crippen molar-refractivity contribution in [2.75, 3.05) is 18.1 Å². The van der Waals surface area contributed by atoms with E-state index >= 15 is 0 Å². The van der Waals surface area contributed by atoms with Gasteiger partial charge in [0.2, 0.25) is 0 Å². The number of hydrogen-bond donors (Lipinski definition) is 1. The van der Waals surface area contributed by atoms with Crippen molar-refractivity contribution in [3.63, 3.8) is 0 Å². The maximum atomic E-state index is 10.8. The zero-order chi connectivity index (χ0) is 22.4. The Bertz CT molecular complexity index is 1290. The van der Waals surface area contributed by atoms with Crippen molar-refractivity contribution in [1.29, 1.82) is 0 Å². The Morgan fingerprint density at radius 2 is 2.19 bits per heavy atom. The molecule has 8 nitrogen and oxygen atoms in total. The maximum Gasteiger partial charge on any atom is 0.305 e. The van der Waals surface area contributed by atoms with E-state index < -0.39 is 5.97 Å². The van der Waals surface area contributed by atoms with Crippen molar-refractivity contribution in [1.82, 2.24) is 19.7 Å². The molecule has 5 rings (SSSR count). The quantitative estimate of drug-likeness (QED) is 0.271. The van der Waals surface area contributed by atoms with E-state index in [9.17, 15) is 4.79 Å². The lowest BCUT2D eigenvalue weighted by molar-refractivity contribution is -0.138. The van der Waals surface area contributed by atoms with Crippen molar-refractivity contribution in [3.8, 4) is 5.69 Å². The number of aliphatic carboxylic acids is 1. The number of rotatable bonds is 7. The van der Waals surface area contributed by atoms with E-state index in [4.69, 9.17) is 38.0 Å². The van der Waals surface area contributed by atoms with Gasteiger partial charge in [0.15, 0.2) is 0 Å². The van der Waals surface area contributed by atoms with Gasteiger partial charge in [0.1, 0.15) is 18.5 Å². The van der Waals surface area contributed by atoms with Gasteiger partial charge < -0.3 is 14.7 Å². The van der Waals surface area contributed by atoms with Crippen molar-refractivity contribution in [3.05, 3.63) is 56.7 Å². The van der Waals surface area contributed by atoms with Crippen LogP contribution in [0.3, 0.4) is 0 Å². The summed E-state index contributed by atoms with van der Waals surface area (Å²) >= 11 is 16.4. The highest BCUT2D eigenvalue weighted by atomic mass is 79.9. The molecular formula is C21H16BrCl2N5O3. The SMILES string of the molecule is O=C(O)CCOC[C@@H]1CC2=C=C[C@@H]2N1c1cc(-n2cncn2)c2cc(Br)c(Cl)c(Cl)c2n1. The van der Waals surface area contributed by atoms with E-state index in [2.05, 4.69) is 36.6 Å². The number of halogens is 3. The molecule has 3 heterocycles. The molecule has 32 heavy (non-hydrogen) atoms. The molecule has 1 saturated heterocycles. The summed E-state index contributed by atoms with van der Waals surface area (Å²) in [5.74, 6) is -0.197. The fourth-order valence-corrected chi connectivity index (χ4v) is 4.95. The minimum atomic E-state index is -0.885. The molecule has 0 unspecified atom stereocenters. The number of carbonyl (C=O) groups is 1. The molecule has 11 heteroatoms. The average Bonchev–Trinajstić information content (AvgIpc) is 3.36. The molecule has 0 amide bonds. The third-order valence-corrected chi connectivity index (χ3v) is 7.25. The number of benzene rings is 1.